The molecule has 0 aromatic carbocycles. The molecule has 0 radical (unpaired) electrons. The van der Waals surface area contributed by atoms with E-state index in [0.29, 0.717) is 0 Å². The molecule has 0 heterocycles. The minimum absolute atomic E-state index is 0.244. The molecule has 2 N–H and O–H groups in total. The van der Waals surface area contributed by atoms with E-state index >= 15 is 0 Å². The molecule has 4 aliphatic carbocycles. The van der Waals surface area contributed by atoms with E-state index in [9.17, 15) is 5.11 Å². The Hall–Kier alpha value is -0.370. The summed E-state index contributed by atoms with van der Waals surface area (Å²) in [5.41, 5.74) is 0.903. The van der Waals surface area contributed by atoms with Crippen LogP contribution in [0.1, 0.15) is 71.6 Å². The van der Waals surface area contributed by atoms with Gasteiger partial charge in [-0.15, -0.1) is 0 Å². The quantitative estimate of drug-likeness (QED) is 0.681. The number of nitrogens with one attached hydrogen (secondary N) is 1. The molecular formula is C19H31NO. The van der Waals surface area contributed by atoms with Crippen LogP contribution in [-0.4, -0.2) is 16.4 Å². The molecule has 0 bridgehead atoms. The summed E-state index contributed by atoms with van der Waals surface area (Å²) in [6.07, 6.45) is 11.0. The largest absolute Gasteiger partial charge is 0.390 e. The third-order valence-electron chi connectivity index (χ3n) is 8.02. The van der Waals surface area contributed by atoms with E-state index in [0.717, 1.165) is 54.6 Å². The molecule has 0 spiro atoms. The molecule has 0 unspecified atom stereocenters. The van der Waals surface area contributed by atoms with Crippen LogP contribution in [0.4, 0.5) is 0 Å². The molecular weight excluding hydrogens is 258 g/mol. The van der Waals surface area contributed by atoms with Crippen molar-refractivity contribution in [3.05, 3.63) is 0 Å². The predicted molar refractivity (Wildman–Crippen MR) is 85.5 cm³/mol. The van der Waals surface area contributed by atoms with E-state index in [2.05, 4.69) is 6.92 Å². The van der Waals surface area contributed by atoms with Crippen LogP contribution in [0.3, 0.4) is 0 Å². The lowest BCUT2D eigenvalue weighted by molar-refractivity contribution is -0.0875. The van der Waals surface area contributed by atoms with Gasteiger partial charge in [-0.3, -0.25) is 0 Å². The highest BCUT2D eigenvalue weighted by atomic mass is 16.3. The van der Waals surface area contributed by atoms with Gasteiger partial charge in [0.2, 0.25) is 0 Å². The van der Waals surface area contributed by atoms with Crippen molar-refractivity contribution >= 4 is 5.71 Å². The van der Waals surface area contributed by atoms with Crippen molar-refractivity contribution in [3.8, 4) is 0 Å². The van der Waals surface area contributed by atoms with Crippen molar-refractivity contribution in [1.29, 1.82) is 5.41 Å². The molecule has 4 aliphatic rings. The van der Waals surface area contributed by atoms with Gasteiger partial charge in [0.1, 0.15) is 0 Å². The number of hydrogen-bond acceptors (Lipinski definition) is 2. The van der Waals surface area contributed by atoms with Gasteiger partial charge in [0.15, 0.2) is 0 Å². The third kappa shape index (κ3) is 2.04. The van der Waals surface area contributed by atoms with Gasteiger partial charge in [0.25, 0.3) is 0 Å². The maximum atomic E-state index is 10.4. The van der Waals surface area contributed by atoms with E-state index in [1.165, 1.54) is 38.5 Å². The van der Waals surface area contributed by atoms with Gasteiger partial charge in [-0.25, -0.2) is 0 Å². The topological polar surface area (TPSA) is 44.1 Å². The standard InChI is InChI=1S/C19H31NO/c1-18(21)9-7-13-12(11-18)3-4-15-14(13)8-10-19(2)16(15)5-6-17(19)20/h12-16,20-21H,3-11H2,1-2H3/t12-,13+,14-,15-,16+,18-,19+/m1/s1. The molecule has 0 amide bonds. The summed E-state index contributed by atoms with van der Waals surface area (Å²) in [7, 11) is 0. The van der Waals surface area contributed by atoms with E-state index < -0.39 is 5.60 Å². The summed E-state index contributed by atoms with van der Waals surface area (Å²) in [4.78, 5) is 0. The van der Waals surface area contributed by atoms with Gasteiger partial charge in [-0.05, 0) is 94.3 Å². The van der Waals surface area contributed by atoms with Crippen LogP contribution in [0.15, 0.2) is 0 Å². The Balaban J connectivity index is 1.57. The first-order valence-electron chi connectivity index (χ1n) is 9.21. The lowest BCUT2D eigenvalue weighted by Gasteiger charge is -2.56. The second-order valence-electron chi connectivity index (χ2n) is 9.15. The van der Waals surface area contributed by atoms with Crippen LogP contribution in [0.25, 0.3) is 0 Å². The Bertz CT molecular complexity index is 456. The zero-order valence-electron chi connectivity index (χ0n) is 13.7. The SMILES string of the molecule is C[C@@]1(O)CC[C@H]2[C@H](CC[C@@H]3[C@@H]2CC[C@]2(C)C(=N)CC[C@@H]32)C1. The van der Waals surface area contributed by atoms with E-state index in [4.69, 9.17) is 5.41 Å². The smallest absolute Gasteiger partial charge is 0.0622 e. The Labute approximate surface area is 129 Å². The lowest BCUT2D eigenvalue weighted by atomic mass is 9.50. The van der Waals surface area contributed by atoms with Crippen molar-refractivity contribution in [2.75, 3.05) is 0 Å². The first-order chi connectivity index (χ1) is 9.91. The fraction of sp³-hybridized carbons (Fsp3) is 0.947. The average Bonchev–Trinajstić information content (AvgIpc) is 2.73. The minimum atomic E-state index is -0.396. The number of hydrogen-bond donors (Lipinski definition) is 2. The van der Waals surface area contributed by atoms with Gasteiger partial charge in [0, 0.05) is 11.1 Å². The third-order valence-corrected chi connectivity index (χ3v) is 8.02. The summed E-state index contributed by atoms with van der Waals surface area (Å²) in [6.45, 7) is 4.44. The maximum Gasteiger partial charge on any atom is 0.0622 e. The fourth-order valence-corrected chi connectivity index (χ4v) is 6.89. The van der Waals surface area contributed by atoms with Gasteiger partial charge in [-0.1, -0.05) is 6.92 Å². The first kappa shape index (κ1) is 14.2. The van der Waals surface area contributed by atoms with Crippen molar-refractivity contribution in [3.63, 3.8) is 0 Å². The Morgan fingerprint density at radius 1 is 0.952 bits per heavy atom. The van der Waals surface area contributed by atoms with Crippen molar-refractivity contribution < 1.29 is 5.11 Å². The first-order valence-corrected chi connectivity index (χ1v) is 9.21. The molecule has 0 aromatic rings. The second kappa shape index (κ2) is 4.57. The van der Waals surface area contributed by atoms with Gasteiger partial charge < -0.3 is 10.5 Å². The lowest BCUT2D eigenvalue weighted by Crippen LogP contribution is -2.50. The Morgan fingerprint density at radius 2 is 1.71 bits per heavy atom. The van der Waals surface area contributed by atoms with Crippen LogP contribution < -0.4 is 0 Å². The molecule has 4 fully saturated rings. The zero-order valence-corrected chi connectivity index (χ0v) is 13.7. The molecule has 2 heteroatoms. The highest BCUT2D eigenvalue weighted by Gasteiger charge is 2.56. The number of rotatable bonds is 0. The van der Waals surface area contributed by atoms with Crippen LogP contribution in [0.2, 0.25) is 0 Å². The number of fused-ring (bicyclic) bond motifs is 5. The second-order valence-corrected chi connectivity index (χ2v) is 9.15. The Kier molecular flexibility index (Phi) is 3.10. The summed E-state index contributed by atoms with van der Waals surface area (Å²) in [6, 6.07) is 0. The molecule has 21 heavy (non-hydrogen) atoms. The van der Waals surface area contributed by atoms with Gasteiger partial charge >= 0.3 is 0 Å². The van der Waals surface area contributed by atoms with E-state index in [-0.39, 0.29) is 5.41 Å². The number of aliphatic hydroxyl groups is 1. The van der Waals surface area contributed by atoms with Gasteiger partial charge in [-0.2, -0.15) is 0 Å². The molecule has 4 saturated carbocycles. The molecule has 0 aromatic heterocycles. The van der Waals surface area contributed by atoms with Gasteiger partial charge in [0.05, 0.1) is 5.60 Å². The molecule has 0 saturated heterocycles. The normalized spacial score (nSPS) is 56.5. The molecule has 7 atom stereocenters. The van der Waals surface area contributed by atoms with Crippen molar-refractivity contribution in [2.24, 2.45) is 35.0 Å². The summed E-state index contributed by atoms with van der Waals surface area (Å²) < 4.78 is 0. The van der Waals surface area contributed by atoms with Crippen LogP contribution in [-0.2, 0) is 0 Å². The summed E-state index contributed by atoms with van der Waals surface area (Å²) in [5, 5.41) is 18.8. The highest BCUT2D eigenvalue weighted by molar-refractivity contribution is 5.89. The fourth-order valence-electron chi connectivity index (χ4n) is 6.89. The Morgan fingerprint density at radius 3 is 2.52 bits per heavy atom. The maximum absolute atomic E-state index is 10.4. The monoisotopic (exact) mass is 289 g/mol. The zero-order chi connectivity index (χ0) is 14.8. The summed E-state index contributed by atoms with van der Waals surface area (Å²) in [5.74, 6) is 4.25. The van der Waals surface area contributed by atoms with Crippen molar-refractivity contribution in [2.45, 2.75) is 77.2 Å². The highest BCUT2D eigenvalue weighted by Crippen LogP contribution is 2.61. The molecule has 2 nitrogen and oxygen atoms in total. The van der Waals surface area contributed by atoms with Crippen LogP contribution in [0, 0.1) is 40.4 Å². The van der Waals surface area contributed by atoms with E-state index in [1.54, 1.807) is 0 Å². The minimum Gasteiger partial charge on any atom is -0.390 e. The van der Waals surface area contributed by atoms with E-state index in [1.807, 2.05) is 6.92 Å². The average molecular weight is 289 g/mol. The van der Waals surface area contributed by atoms with Crippen LogP contribution >= 0.6 is 0 Å². The summed E-state index contributed by atoms with van der Waals surface area (Å²) >= 11 is 0. The molecule has 0 aliphatic heterocycles. The van der Waals surface area contributed by atoms with Crippen molar-refractivity contribution in [1.82, 2.24) is 0 Å². The molecule has 118 valence electrons. The molecule has 4 rings (SSSR count). The predicted octanol–water partition coefficient (Wildman–Crippen LogP) is 4.41. The van der Waals surface area contributed by atoms with Crippen LogP contribution in [0.5, 0.6) is 0 Å².